The number of rotatable bonds is 2. The first kappa shape index (κ1) is 11.9. The van der Waals surface area contributed by atoms with Crippen LogP contribution in [0.15, 0.2) is 18.2 Å². The molecule has 1 aromatic carbocycles. The molecule has 0 amide bonds. The van der Waals surface area contributed by atoms with Crippen molar-refractivity contribution >= 4 is 5.69 Å². The smallest absolute Gasteiger partial charge is 0.398 e. The maximum Gasteiger partial charge on any atom is 0.418 e. The molecular weight excluding hydrogens is 203 g/mol. The van der Waals surface area contributed by atoms with Crippen molar-refractivity contribution < 1.29 is 13.2 Å². The summed E-state index contributed by atoms with van der Waals surface area (Å²) in [4.78, 5) is 0. The summed E-state index contributed by atoms with van der Waals surface area (Å²) in [6.07, 6.45) is -3.80. The fraction of sp³-hybridized carbons (Fsp3) is 0.455. The Bertz CT molecular complexity index is 342. The number of hydrogen-bond donors (Lipinski definition) is 1. The number of anilines is 1. The van der Waals surface area contributed by atoms with Crippen LogP contribution >= 0.6 is 0 Å². The van der Waals surface area contributed by atoms with Gasteiger partial charge in [-0.05, 0) is 24.0 Å². The molecule has 1 nitrogen and oxygen atoms in total. The molecule has 0 aromatic heterocycles. The monoisotopic (exact) mass is 217 g/mol. The van der Waals surface area contributed by atoms with Gasteiger partial charge in [-0.3, -0.25) is 0 Å². The van der Waals surface area contributed by atoms with Crippen LogP contribution in [0.3, 0.4) is 0 Å². The van der Waals surface area contributed by atoms with Crippen LogP contribution in [-0.4, -0.2) is 0 Å². The van der Waals surface area contributed by atoms with Crippen LogP contribution < -0.4 is 5.73 Å². The summed E-state index contributed by atoms with van der Waals surface area (Å²) in [5.74, 6) is 0.288. The van der Waals surface area contributed by atoms with E-state index in [1.54, 1.807) is 6.07 Å². The quantitative estimate of drug-likeness (QED) is 0.754. The molecular formula is C11H14F3N. The van der Waals surface area contributed by atoms with Crippen molar-refractivity contribution in [2.45, 2.75) is 26.4 Å². The first-order valence-electron chi connectivity index (χ1n) is 4.77. The van der Waals surface area contributed by atoms with Gasteiger partial charge in [0.25, 0.3) is 0 Å². The second-order valence-corrected chi connectivity index (χ2v) is 3.97. The molecule has 1 rings (SSSR count). The van der Waals surface area contributed by atoms with Crippen LogP contribution in [-0.2, 0) is 12.6 Å². The summed E-state index contributed by atoms with van der Waals surface area (Å²) in [5, 5.41) is 0. The van der Waals surface area contributed by atoms with E-state index in [4.69, 9.17) is 5.73 Å². The minimum Gasteiger partial charge on any atom is -0.398 e. The van der Waals surface area contributed by atoms with Crippen LogP contribution in [0.5, 0.6) is 0 Å². The Balaban J connectivity index is 3.12. The molecule has 0 spiro atoms. The normalized spacial score (nSPS) is 12.1. The zero-order valence-corrected chi connectivity index (χ0v) is 8.73. The molecule has 0 atom stereocenters. The van der Waals surface area contributed by atoms with Crippen molar-refractivity contribution in [3.8, 4) is 0 Å². The molecule has 0 heterocycles. The topological polar surface area (TPSA) is 26.0 Å². The number of hydrogen-bond acceptors (Lipinski definition) is 1. The zero-order valence-electron chi connectivity index (χ0n) is 8.73. The van der Waals surface area contributed by atoms with E-state index in [1.807, 2.05) is 13.8 Å². The molecule has 0 saturated heterocycles. The number of benzene rings is 1. The highest BCUT2D eigenvalue weighted by atomic mass is 19.4. The van der Waals surface area contributed by atoms with E-state index in [-0.39, 0.29) is 11.6 Å². The van der Waals surface area contributed by atoms with Crippen LogP contribution in [0.4, 0.5) is 18.9 Å². The fourth-order valence-corrected chi connectivity index (χ4v) is 1.48. The van der Waals surface area contributed by atoms with Crippen molar-refractivity contribution in [1.29, 1.82) is 0 Å². The first-order valence-corrected chi connectivity index (χ1v) is 4.77. The molecule has 0 aliphatic carbocycles. The maximum atomic E-state index is 12.5. The summed E-state index contributed by atoms with van der Waals surface area (Å²) in [6.45, 7) is 3.89. The van der Waals surface area contributed by atoms with Crippen molar-refractivity contribution in [2.75, 3.05) is 5.73 Å². The summed E-state index contributed by atoms with van der Waals surface area (Å²) in [7, 11) is 0. The van der Waals surface area contributed by atoms with Gasteiger partial charge in [0.05, 0.1) is 5.56 Å². The molecule has 0 radical (unpaired) electrons. The third kappa shape index (κ3) is 2.88. The summed E-state index contributed by atoms with van der Waals surface area (Å²) < 4.78 is 37.5. The number of nitrogen functional groups attached to an aromatic ring is 1. The van der Waals surface area contributed by atoms with Crippen molar-refractivity contribution in [2.24, 2.45) is 5.92 Å². The van der Waals surface area contributed by atoms with Gasteiger partial charge in [-0.15, -0.1) is 0 Å². The Morgan fingerprint density at radius 2 is 1.87 bits per heavy atom. The van der Waals surface area contributed by atoms with Crippen LogP contribution in [0.1, 0.15) is 25.0 Å². The Kier molecular flexibility index (Phi) is 3.27. The minimum atomic E-state index is -4.36. The van der Waals surface area contributed by atoms with E-state index in [9.17, 15) is 13.2 Å². The van der Waals surface area contributed by atoms with E-state index in [0.717, 1.165) is 6.07 Å². The average Bonchev–Trinajstić information content (AvgIpc) is 2.05. The summed E-state index contributed by atoms with van der Waals surface area (Å²) in [6, 6.07) is 4.06. The van der Waals surface area contributed by atoms with Gasteiger partial charge in [0.15, 0.2) is 0 Å². The van der Waals surface area contributed by atoms with Gasteiger partial charge >= 0.3 is 6.18 Å². The van der Waals surface area contributed by atoms with Gasteiger partial charge in [-0.2, -0.15) is 13.2 Å². The van der Waals surface area contributed by atoms with E-state index < -0.39 is 11.7 Å². The Labute approximate surface area is 87.1 Å². The lowest BCUT2D eigenvalue weighted by atomic mass is 9.98. The highest BCUT2D eigenvalue weighted by molar-refractivity contribution is 5.55. The lowest BCUT2D eigenvalue weighted by Gasteiger charge is -2.14. The highest BCUT2D eigenvalue weighted by Gasteiger charge is 2.33. The molecule has 0 bridgehead atoms. The molecule has 0 aliphatic heterocycles. The molecule has 0 aliphatic rings. The first-order chi connectivity index (χ1) is 6.82. The second-order valence-electron chi connectivity index (χ2n) is 3.97. The minimum absolute atomic E-state index is 0.140. The number of halogens is 3. The molecule has 0 saturated carbocycles. The number of nitrogens with two attached hydrogens (primary N) is 1. The van der Waals surface area contributed by atoms with Crippen LogP contribution in [0, 0.1) is 5.92 Å². The Morgan fingerprint density at radius 3 is 2.33 bits per heavy atom. The zero-order chi connectivity index (χ0) is 11.6. The fourth-order valence-electron chi connectivity index (χ4n) is 1.48. The van der Waals surface area contributed by atoms with Gasteiger partial charge in [0.1, 0.15) is 0 Å². The molecule has 2 N–H and O–H groups in total. The third-order valence-corrected chi connectivity index (χ3v) is 2.13. The summed E-state index contributed by atoms with van der Waals surface area (Å²) in [5.41, 5.74) is 5.19. The predicted molar refractivity (Wildman–Crippen MR) is 54.4 cm³/mol. The third-order valence-electron chi connectivity index (χ3n) is 2.13. The number of alkyl halides is 3. The van der Waals surface area contributed by atoms with E-state index in [2.05, 4.69) is 0 Å². The standard InChI is InChI=1S/C11H14F3N/c1-7(2)6-8-4-3-5-9(10(8)15)11(12,13)14/h3-5,7H,6,15H2,1-2H3. The van der Waals surface area contributed by atoms with Gasteiger partial charge in [-0.25, -0.2) is 0 Å². The Hall–Kier alpha value is -1.19. The van der Waals surface area contributed by atoms with Crippen LogP contribution in [0.2, 0.25) is 0 Å². The van der Waals surface area contributed by atoms with E-state index in [0.29, 0.717) is 12.0 Å². The Morgan fingerprint density at radius 1 is 1.27 bits per heavy atom. The van der Waals surface area contributed by atoms with Crippen LogP contribution in [0.25, 0.3) is 0 Å². The maximum absolute atomic E-state index is 12.5. The van der Waals surface area contributed by atoms with Gasteiger partial charge in [0, 0.05) is 5.69 Å². The molecule has 0 unspecified atom stereocenters. The lowest BCUT2D eigenvalue weighted by molar-refractivity contribution is -0.136. The lowest BCUT2D eigenvalue weighted by Crippen LogP contribution is -2.11. The van der Waals surface area contributed by atoms with E-state index in [1.165, 1.54) is 6.07 Å². The van der Waals surface area contributed by atoms with Gasteiger partial charge in [0.2, 0.25) is 0 Å². The van der Waals surface area contributed by atoms with Gasteiger partial charge < -0.3 is 5.73 Å². The largest absolute Gasteiger partial charge is 0.418 e. The van der Waals surface area contributed by atoms with E-state index >= 15 is 0 Å². The molecule has 0 fully saturated rings. The number of para-hydroxylation sites is 1. The van der Waals surface area contributed by atoms with Gasteiger partial charge in [-0.1, -0.05) is 26.0 Å². The average molecular weight is 217 g/mol. The SMILES string of the molecule is CC(C)Cc1cccc(C(F)(F)F)c1N. The van der Waals surface area contributed by atoms with Crippen molar-refractivity contribution in [3.63, 3.8) is 0 Å². The molecule has 84 valence electrons. The molecule has 1 aromatic rings. The second kappa shape index (κ2) is 4.13. The predicted octanol–water partition coefficient (Wildman–Crippen LogP) is 3.49. The van der Waals surface area contributed by atoms with Crippen molar-refractivity contribution in [1.82, 2.24) is 0 Å². The van der Waals surface area contributed by atoms with Crippen molar-refractivity contribution in [3.05, 3.63) is 29.3 Å². The highest BCUT2D eigenvalue weighted by Crippen LogP contribution is 2.35. The molecule has 15 heavy (non-hydrogen) atoms. The molecule has 4 heteroatoms. The summed E-state index contributed by atoms with van der Waals surface area (Å²) >= 11 is 0.